The lowest BCUT2D eigenvalue weighted by atomic mass is 9.75. The molecule has 1 unspecified atom stereocenters. The van der Waals surface area contributed by atoms with E-state index in [1.165, 1.54) is 18.5 Å². The number of hydrogen-bond donors (Lipinski definition) is 1. The fourth-order valence-corrected chi connectivity index (χ4v) is 4.31. The normalized spacial score (nSPS) is 20.9. The molecule has 1 amide bonds. The number of anilines is 1. The van der Waals surface area contributed by atoms with E-state index in [9.17, 15) is 13.2 Å². The predicted octanol–water partition coefficient (Wildman–Crippen LogP) is 2.19. The molecule has 0 radical (unpaired) electrons. The number of aromatic nitrogens is 3. The first-order valence-corrected chi connectivity index (χ1v) is 10.7. The van der Waals surface area contributed by atoms with Crippen LogP contribution in [0, 0.1) is 18.3 Å². The van der Waals surface area contributed by atoms with Gasteiger partial charge in [-0.1, -0.05) is 19.9 Å². The van der Waals surface area contributed by atoms with Gasteiger partial charge in [0.25, 0.3) is 0 Å². The van der Waals surface area contributed by atoms with Crippen LogP contribution in [-0.4, -0.2) is 29.3 Å². The first-order chi connectivity index (χ1) is 13.6. The maximum Gasteiger partial charge on any atom is 0.239 e. The summed E-state index contributed by atoms with van der Waals surface area (Å²) in [5.74, 6) is 0.528. The molecule has 2 aromatic heterocycles. The summed E-state index contributed by atoms with van der Waals surface area (Å²) in [6, 6.07) is 1.38. The van der Waals surface area contributed by atoms with E-state index in [0.717, 1.165) is 16.8 Å². The standard InChI is InChI=1S/C20H21N5O3S/c1-12-23-8-14(9-24-12)13-4-5-17-18(6-13)25(19(26)20(17,2)3)15-7-16(11-22-10-15)29(21,27)28/h4,6-11,17H,5H2,1-3H3,(H2,21,27,28). The zero-order chi connectivity index (χ0) is 21.0. The van der Waals surface area contributed by atoms with Gasteiger partial charge in [0.05, 0.1) is 17.3 Å². The molecule has 2 aliphatic rings. The minimum absolute atomic E-state index is 0.0387. The molecular weight excluding hydrogens is 390 g/mol. The topological polar surface area (TPSA) is 119 Å². The second-order valence-corrected chi connectivity index (χ2v) is 9.38. The van der Waals surface area contributed by atoms with E-state index < -0.39 is 15.4 Å². The number of amides is 1. The Bertz CT molecular complexity index is 1170. The number of sulfonamides is 1. The van der Waals surface area contributed by atoms with Crippen LogP contribution in [0.1, 0.15) is 31.7 Å². The van der Waals surface area contributed by atoms with Crippen molar-refractivity contribution in [3.05, 3.63) is 60.1 Å². The lowest BCUT2D eigenvalue weighted by Gasteiger charge is -2.26. The number of hydrogen-bond acceptors (Lipinski definition) is 6. The monoisotopic (exact) mass is 411 g/mol. The summed E-state index contributed by atoms with van der Waals surface area (Å²) in [6.07, 6.45) is 10.8. The van der Waals surface area contributed by atoms with Crippen LogP contribution >= 0.6 is 0 Å². The fraction of sp³-hybridized carbons (Fsp3) is 0.300. The second kappa shape index (κ2) is 6.57. The van der Waals surface area contributed by atoms with Gasteiger partial charge in [-0.05, 0) is 31.1 Å². The van der Waals surface area contributed by atoms with E-state index in [-0.39, 0.29) is 16.7 Å². The number of nitrogens with zero attached hydrogens (tertiary/aromatic N) is 4. The molecule has 0 aromatic carbocycles. The largest absolute Gasteiger partial charge is 0.282 e. The third-order valence-electron chi connectivity index (χ3n) is 5.52. The molecule has 3 heterocycles. The van der Waals surface area contributed by atoms with E-state index in [2.05, 4.69) is 21.0 Å². The SMILES string of the molecule is Cc1ncc(C2=CCC3C(=C2)N(c2cncc(S(N)(=O)=O)c2)C(=O)C3(C)C)cn1. The van der Waals surface area contributed by atoms with Crippen LogP contribution < -0.4 is 10.0 Å². The highest BCUT2D eigenvalue weighted by atomic mass is 32.2. The van der Waals surface area contributed by atoms with Crippen molar-refractivity contribution >= 4 is 27.2 Å². The van der Waals surface area contributed by atoms with Crippen LogP contribution in [0.2, 0.25) is 0 Å². The lowest BCUT2D eigenvalue weighted by molar-refractivity contribution is -0.125. The van der Waals surface area contributed by atoms with E-state index in [1.807, 2.05) is 26.8 Å². The Morgan fingerprint density at radius 2 is 1.86 bits per heavy atom. The Labute approximate surface area is 169 Å². The van der Waals surface area contributed by atoms with Crippen LogP contribution in [0.5, 0.6) is 0 Å². The van der Waals surface area contributed by atoms with E-state index in [4.69, 9.17) is 5.14 Å². The summed E-state index contributed by atoms with van der Waals surface area (Å²) >= 11 is 0. The lowest BCUT2D eigenvalue weighted by Crippen LogP contribution is -2.31. The molecule has 0 saturated carbocycles. The van der Waals surface area contributed by atoms with Gasteiger partial charge in [0.1, 0.15) is 10.7 Å². The molecule has 1 fully saturated rings. The molecule has 2 N–H and O–H groups in total. The van der Waals surface area contributed by atoms with Gasteiger partial charge < -0.3 is 0 Å². The first-order valence-electron chi connectivity index (χ1n) is 9.12. The molecule has 4 rings (SSSR count). The predicted molar refractivity (Wildman–Crippen MR) is 108 cm³/mol. The van der Waals surface area contributed by atoms with Crippen LogP contribution in [0.3, 0.4) is 0 Å². The number of pyridine rings is 1. The molecule has 2 aromatic rings. The van der Waals surface area contributed by atoms with Crippen LogP contribution in [-0.2, 0) is 14.8 Å². The van der Waals surface area contributed by atoms with Crippen molar-refractivity contribution in [2.75, 3.05) is 4.90 Å². The number of allylic oxidation sites excluding steroid dienone is 4. The van der Waals surface area contributed by atoms with E-state index >= 15 is 0 Å². The number of carbonyl (C=O) groups is 1. The molecule has 1 atom stereocenters. The minimum Gasteiger partial charge on any atom is -0.282 e. The highest BCUT2D eigenvalue weighted by Crippen LogP contribution is 2.50. The smallest absolute Gasteiger partial charge is 0.239 e. The molecule has 29 heavy (non-hydrogen) atoms. The van der Waals surface area contributed by atoms with Gasteiger partial charge in [-0.25, -0.2) is 23.5 Å². The van der Waals surface area contributed by atoms with Crippen LogP contribution in [0.25, 0.3) is 5.57 Å². The highest BCUT2D eigenvalue weighted by molar-refractivity contribution is 7.89. The van der Waals surface area contributed by atoms with E-state index in [1.54, 1.807) is 17.3 Å². The molecule has 1 aliphatic heterocycles. The van der Waals surface area contributed by atoms with Gasteiger partial charge in [-0.15, -0.1) is 0 Å². The molecule has 0 spiro atoms. The highest BCUT2D eigenvalue weighted by Gasteiger charge is 2.51. The molecular formula is C20H21N5O3S. The summed E-state index contributed by atoms with van der Waals surface area (Å²) in [4.78, 5) is 27.2. The maximum atomic E-state index is 13.3. The molecule has 150 valence electrons. The second-order valence-electron chi connectivity index (χ2n) is 7.82. The summed E-state index contributed by atoms with van der Waals surface area (Å²) in [7, 11) is -3.94. The van der Waals surface area contributed by atoms with E-state index in [0.29, 0.717) is 17.9 Å². The molecule has 1 aliphatic carbocycles. The summed E-state index contributed by atoms with van der Waals surface area (Å²) in [6.45, 7) is 5.62. The Kier molecular flexibility index (Phi) is 4.39. The number of primary sulfonamides is 1. The average Bonchev–Trinajstić information content (AvgIpc) is 2.87. The Morgan fingerprint density at radius 3 is 2.52 bits per heavy atom. The van der Waals surface area contributed by atoms with Crippen molar-refractivity contribution in [3.8, 4) is 0 Å². The third kappa shape index (κ3) is 3.26. The number of rotatable bonds is 3. The quantitative estimate of drug-likeness (QED) is 0.827. The molecule has 9 heteroatoms. The summed E-state index contributed by atoms with van der Waals surface area (Å²) < 4.78 is 23.5. The van der Waals surface area contributed by atoms with Crippen LogP contribution in [0.4, 0.5) is 5.69 Å². The number of fused-ring (bicyclic) bond motifs is 1. The van der Waals surface area contributed by atoms with Gasteiger partial charge in [-0.2, -0.15) is 0 Å². The van der Waals surface area contributed by atoms with Crippen LogP contribution in [0.15, 0.2) is 53.6 Å². The number of carbonyl (C=O) groups excluding carboxylic acids is 1. The Balaban J connectivity index is 1.82. The minimum atomic E-state index is -3.94. The van der Waals surface area contributed by atoms with Gasteiger partial charge >= 0.3 is 0 Å². The summed E-state index contributed by atoms with van der Waals surface area (Å²) in [5, 5.41) is 5.25. The van der Waals surface area contributed by atoms with Gasteiger partial charge in [0.15, 0.2) is 0 Å². The van der Waals surface area contributed by atoms with Gasteiger partial charge in [0, 0.05) is 35.8 Å². The first kappa shape index (κ1) is 19.4. The molecule has 8 nitrogen and oxygen atoms in total. The van der Waals surface area contributed by atoms with Crippen molar-refractivity contribution in [1.29, 1.82) is 0 Å². The van der Waals surface area contributed by atoms with Crippen molar-refractivity contribution < 1.29 is 13.2 Å². The fourth-order valence-electron chi connectivity index (χ4n) is 3.82. The third-order valence-corrected chi connectivity index (χ3v) is 6.40. The zero-order valence-electron chi connectivity index (χ0n) is 16.3. The van der Waals surface area contributed by atoms with Gasteiger partial charge in [-0.3, -0.25) is 14.7 Å². The van der Waals surface area contributed by atoms with Crippen molar-refractivity contribution in [2.45, 2.75) is 32.1 Å². The molecule has 0 bridgehead atoms. The zero-order valence-corrected chi connectivity index (χ0v) is 17.1. The van der Waals surface area contributed by atoms with Crippen molar-refractivity contribution in [3.63, 3.8) is 0 Å². The summed E-state index contributed by atoms with van der Waals surface area (Å²) in [5.41, 5.74) is 2.31. The van der Waals surface area contributed by atoms with Crippen molar-refractivity contribution in [2.24, 2.45) is 16.5 Å². The molecule has 1 saturated heterocycles. The Morgan fingerprint density at radius 1 is 1.17 bits per heavy atom. The maximum absolute atomic E-state index is 13.3. The average molecular weight is 411 g/mol. The van der Waals surface area contributed by atoms with Gasteiger partial charge in [0.2, 0.25) is 15.9 Å². The van der Waals surface area contributed by atoms with Crippen molar-refractivity contribution in [1.82, 2.24) is 15.0 Å². The number of aryl methyl sites for hydroxylation is 1. The number of nitrogens with two attached hydrogens (primary N) is 1. The Hall–Kier alpha value is -2.91.